The first-order valence-corrected chi connectivity index (χ1v) is 13.9. The number of nitrogens with two attached hydrogens (primary N) is 2. The van der Waals surface area contributed by atoms with E-state index in [1.807, 2.05) is 49.4 Å². The van der Waals surface area contributed by atoms with E-state index in [1.165, 1.54) is 22.3 Å². The quantitative estimate of drug-likeness (QED) is 0.181. The van der Waals surface area contributed by atoms with Crippen LogP contribution in [0.25, 0.3) is 22.5 Å². The van der Waals surface area contributed by atoms with Crippen molar-refractivity contribution in [3.8, 4) is 28.3 Å². The molecule has 3 aromatic heterocycles. The van der Waals surface area contributed by atoms with Crippen molar-refractivity contribution in [2.45, 2.75) is 40.7 Å². The van der Waals surface area contributed by atoms with Gasteiger partial charge in [0, 0.05) is 29.5 Å². The van der Waals surface area contributed by atoms with Gasteiger partial charge in [0.15, 0.2) is 0 Å². The van der Waals surface area contributed by atoms with Gasteiger partial charge in [0.1, 0.15) is 22.8 Å². The summed E-state index contributed by atoms with van der Waals surface area (Å²) in [6.45, 7) is 10.8. The van der Waals surface area contributed by atoms with Crippen molar-refractivity contribution in [3.05, 3.63) is 100 Å². The minimum absolute atomic E-state index is 0.0560. The summed E-state index contributed by atoms with van der Waals surface area (Å²) in [6, 6.07) is 19.6. The molecular weight excluding hydrogens is 548 g/mol. The fraction of sp³-hybridized carbons (Fsp3) is 0.219. The van der Waals surface area contributed by atoms with Gasteiger partial charge in [-0.05, 0) is 69.0 Å². The van der Waals surface area contributed by atoms with Crippen LogP contribution in [0.4, 0.5) is 17.7 Å². The van der Waals surface area contributed by atoms with Crippen LogP contribution in [-0.2, 0) is 0 Å². The Hall–Kier alpha value is -4.76. The van der Waals surface area contributed by atoms with Crippen LogP contribution in [0.1, 0.15) is 29.2 Å². The summed E-state index contributed by atoms with van der Waals surface area (Å²) in [5.41, 5.74) is 19.9. The number of rotatable bonds is 7. The van der Waals surface area contributed by atoms with E-state index in [2.05, 4.69) is 70.1 Å². The predicted molar refractivity (Wildman–Crippen MR) is 171 cm³/mol. The van der Waals surface area contributed by atoms with Crippen LogP contribution in [0.2, 0.25) is 5.15 Å². The second kappa shape index (κ2) is 13.7. The van der Waals surface area contributed by atoms with Crippen LogP contribution in [0.15, 0.2) is 73.1 Å². The summed E-state index contributed by atoms with van der Waals surface area (Å²) in [7, 11) is 0. The molecule has 0 aliphatic heterocycles. The molecule has 0 radical (unpaired) electrons. The van der Waals surface area contributed by atoms with Crippen LogP contribution in [0.5, 0.6) is 5.75 Å². The van der Waals surface area contributed by atoms with Gasteiger partial charge in [-0.25, -0.2) is 15.0 Å². The average Bonchev–Trinajstić information content (AvgIpc) is 2.95. The zero-order valence-electron chi connectivity index (χ0n) is 24.4. The SMILES string of the molecule is Cc1cccc(-c2cc(Cl)nc(N)n2)c1C.Cc1cccc(-c2cc(NCC(C)Oc3cccnc3)nc(N)n2)c1C. The van der Waals surface area contributed by atoms with Crippen LogP contribution in [0.3, 0.4) is 0 Å². The molecule has 0 aliphatic rings. The predicted octanol–water partition coefficient (Wildman–Crippen LogP) is 6.61. The van der Waals surface area contributed by atoms with Gasteiger partial charge in [-0.1, -0.05) is 48.0 Å². The highest BCUT2D eigenvalue weighted by Gasteiger charge is 2.11. The number of anilines is 3. The number of aromatic nitrogens is 5. The minimum atomic E-state index is -0.0560. The molecule has 5 aromatic rings. The number of nitrogens with one attached hydrogen (secondary N) is 1. The normalized spacial score (nSPS) is 11.3. The van der Waals surface area contributed by atoms with E-state index in [1.54, 1.807) is 18.5 Å². The molecule has 5 rings (SSSR count). The van der Waals surface area contributed by atoms with Crippen molar-refractivity contribution in [3.63, 3.8) is 0 Å². The van der Waals surface area contributed by atoms with Crippen LogP contribution < -0.4 is 21.5 Å². The number of pyridine rings is 1. The van der Waals surface area contributed by atoms with E-state index in [-0.39, 0.29) is 18.0 Å². The largest absolute Gasteiger partial charge is 0.487 e. The standard InChI is InChI=1S/C20H23N5O.C12H12ClN3/c1-13-6-4-8-17(15(13)3)18-10-19(25-20(21)24-18)23-11-14(2)26-16-7-5-9-22-12-16;1-7-4-3-5-9(8(7)2)10-6-11(13)16-12(14)15-10/h4-10,12,14H,11H2,1-3H3,(H3,21,23,24,25);3-6H,1-2H3,(H2,14,15,16). The van der Waals surface area contributed by atoms with Crippen LogP contribution in [0, 0.1) is 27.7 Å². The van der Waals surface area contributed by atoms with E-state index in [0.717, 1.165) is 28.3 Å². The second-order valence-corrected chi connectivity index (χ2v) is 10.3. The molecule has 3 heterocycles. The van der Waals surface area contributed by atoms with Crippen molar-refractivity contribution in [1.82, 2.24) is 24.9 Å². The fourth-order valence-electron chi connectivity index (χ4n) is 4.26. The smallest absolute Gasteiger partial charge is 0.222 e. The molecule has 0 saturated carbocycles. The lowest BCUT2D eigenvalue weighted by molar-refractivity contribution is 0.234. The van der Waals surface area contributed by atoms with E-state index >= 15 is 0 Å². The third-order valence-electron chi connectivity index (χ3n) is 6.76. The molecule has 0 amide bonds. The van der Waals surface area contributed by atoms with Crippen LogP contribution in [-0.4, -0.2) is 37.6 Å². The van der Waals surface area contributed by atoms with Crippen molar-refractivity contribution in [1.29, 1.82) is 0 Å². The molecule has 5 N–H and O–H groups in total. The molecule has 216 valence electrons. The Morgan fingerprint density at radius 1 is 0.786 bits per heavy atom. The first kappa shape index (κ1) is 30.2. The minimum Gasteiger partial charge on any atom is -0.487 e. The molecule has 0 bridgehead atoms. The van der Waals surface area contributed by atoms with E-state index in [9.17, 15) is 0 Å². The monoisotopic (exact) mass is 582 g/mol. The Balaban J connectivity index is 0.000000216. The Morgan fingerprint density at radius 2 is 1.38 bits per heavy atom. The number of nitrogen functional groups attached to an aromatic ring is 2. The lowest BCUT2D eigenvalue weighted by Gasteiger charge is -2.16. The highest BCUT2D eigenvalue weighted by Crippen LogP contribution is 2.27. The third kappa shape index (κ3) is 7.92. The summed E-state index contributed by atoms with van der Waals surface area (Å²) in [5.74, 6) is 1.85. The highest BCUT2D eigenvalue weighted by molar-refractivity contribution is 6.29. The summed E-state index contributed by atoms with van der Waals surface area (Å²) >= 11 is 5.86. The van der Waals surface area contributed by atoms with Gasteiger partial charge < -0.3 is 21.5 Å². The van der Waals surface area contributed by atoms with Gasteiger partial charge in [-0.3, -0.25) is 4.98 Å². The van der Waals surface area contributed by atoms with Crippen molar-refractivity contribution < 1.29 is 4.74 Å². The Bertz CT molecular complexity index is 1640. The lowest BCUT2D eigenvalue weighted by atomic mass is 10.0. The number of nitrogens with zero attached hydrogens (tertiary/aromatic N) is 5. The third-order valence-corrected chi connectivity index (χ3v) is 6.95. The van der Waals surface area contributed by atoms with Gasteiger partial charge in [0.05, 0.1) is 24.1 Å². The number of ether oxygens (including phenoxy) is 1. The second-order valence-electron chi connectivity index (χ2n) is 9.92. The maximum absolute atomic E-state index is 5.91. The summed E-state index contributed by atoms with van der Waals surface area (Å²) < 4.78 is 5.82. The fourth-order valence-corrected chi connectivity index (χ4v) is 4.45. The van der Waals surface area contributed by atoms with Crippen molar-refractivity contribution in [2.24, 2.45) is 0 Å². The zero-order chi connectivity index (χ0) is 30.2. The molecule has 9 nitrogen and oxygen atoms in total. The topological polar surface area (TPSA) is 138 Å². The Morgan fingerprint density at radius 3 is 1.95 bits per heavy atom. The maximum atomic E-state index is 5.91. The van der Waals surface area contributed by atoms with Crippen LogP contribution >= 0.6 is 11.6 Å². The highest BCUT2D eigenvalue weighted by atomic mass is 35.5. The zero-order valence-corrected chi connectivity index (χ0v) is 25.1. The van der Waals surface area contributed by atoms with Gasteiger partial charge in [0.25, 0.3) is 0 Å². The lowest BCUT2D eigenvalue weighted by Crippen LogP contribution is -2.23. The number of hydrogen-bond donors (Lipinski definition) is 3. The molecule has 2 aromatic carbocycles. The van der Waals surface area contributed by atoms with Crippen molar-refractivity contribution in [2.75, 3.05) is 23.3 Å². The molecule has 0 aliphatic carbocycles. The first-order chi connectivity index (χ1) is 20.1. The van der Waals surface area contributed by atoms with Crippen molar-refractivity contribution >= 4 is 29.3 Å². The van der Waals surface area contributed by atoms with Gasteiger partial charge in [-0.2, -0.15) is 4.98 Å². The molecule has 10 heteroatoms. The number of halogens is 1. The van der Waals surface area contributed by atoms with Gasteiger partial charge in [-0.15, -0.1) is 0 Å². The molecular formula is C32H35ClN8O. The first-order valence-electron chi connectivity index (χ1n) is 13.5. The molecule has 0 fully saturated rings. The average molecular weight is 583 g/mol. The van der Waals surface area contributed by atoms with E-state index in [4.69, 9.17) is 27.8 Å². The molecule has 0 saturated heterocycles. The number of aryl methyl sites for hydroxylation is 2. The van der Waals surface area contributed by atoms with Gasteiger partial charge >= 0.3 is 0 Å². The van der Waals surface area contributed by atoms with E-state index in [0.29, 0.717) is 17.5 Å². The summed E-state index contributed by atoms with van der Waals surface area (Å²) in [6.07, 6.45) is 3.35. The molecule has 1 unspecified atom stereocenters. The van der Waals surface area contributed by atoms with E-state index < -0.39 is 0 Å². The Kier molecular flexibility index (Phi) is 9.88. The molecule has 1 atom stereocenters. The van der Waals surface area contributed by atoms with Gasteiger partial charge in [0.2, 0.25) is 11.9 Å². The molecule has 0 spiro atoms. The Labute approximate surface area is 251 Å². The summed E-state index contributed by atoms with van der Waals surface area (Å²) in [5, 5.41) is 3.64. The summed E-state index contributed by atoms with van der Waals surface area (Å²) in [4.78, 5) is 20.7. The number of benzene rings is 2. The maximum Gasteiger partial charge on any atom is 0.222 e. The molecule has 42 heavy (non-hydrogen) atoms. The number of hydrogen-bond acceptors (Lipinski definition) is 9.